The molecule has 0 saturated carbocycles. The number of hydrogen-bond donors (Lipinski definition) is 0. The highest BCUT2D eigenvalue weighted by molar-refractivity contribution is 6.14. The van der Waals surface area contributed by atoms with Gasteiger partial charge in [0.25, 0.3) is 0 Å². The van der Waals surface area contributed by atoms with Crippen molar-refractivity contribution in [2.75, 3.05) is 27.2 Å². The van der Waals surface area contributed by atoms with E-state index in [1.165, 1.54) is 4.90 Å². The lowest BCUT2D eigenvalue weighted by molar-refractivity contribution is -0.154. The molecule has 0 aliphatic carbocycles. The maximum Gasteiger partial charge on any atom is 0.411 e. The maximum absolute atomic E-state index is 13.1. The van der Waals surface area contributed by atoms with E-state index in [4.69, 9.17) is 9.47 Å². The average Bonchev–Trinajstić information content (AvgIpc) is 2.63. The molecule has 1 unspecified atom stereocenters. The Kier molecular flexibility index (Phi) is 6.83. The van der Waals surface area contributed by atoms with Crippen LogP contribution in [0.25, 0.3) is 0 Å². The molecule has 0 radical (unpaired) electrons. The minimum absolute atomic E-state index is 0.0563. The topological polar surface area (TPSA) is 76.2 Å². The van der Waals surface area contributed by atoms with E-state index in [-0.39, 0.29) is 19.8 Å². The van der Waals surface area contributed by atoms with Gasteiger partial charge in [0.2, 0.25) is 0 Å². The summed E-state index contributed by atoms with van der Waals surface area (Å²) >= 11 is 0. The Balaban J connectivity index is 2.30. The molecular formula is C21H28N2O5. The Labute approximate surface area is 165 Å². The van der Waals surface area contributed by atoms with Gasteiger partial charge in [0.15, 0.2) is 11.8 Å². The van der Waals surface area contributed by atoms with Gasteiger partial charge in [0, 0.05) is 37.8 Å². The molecule has 1 fully saturated rings. The van der Waals surface area contributed by atoms with Crippen LogP contribution in [0.4, 0.5) is 4.79 Å². The number of ketones is 1. The van der Waals surface area contributed by atoms with Gasteiger partial charge in [-0.3, -0.25) is 9.69 Å². The zero-order valence-corrected chi connectivity index (χ0v) is 17.1. The molecule has 28 heavy (non-hydrogen) atoms. The molecule has 1 aromatic carbocycles. The number of likely N-dealkylation sites (tertiary alicyclic amines) is 1. The van der Waals surface area contributed by atoms with E-state index in [1.807, 2.05) is 44.2 Å². The van der Waals surface area contributed by atoms with E-state index in [1.54, 1.807) is 32.1 Å². The van der Waals surface area contributed by atoms with Crippen LogP contribution in [0.2, 0.25) is 0 Å². The second-order valence-corrected chi connectivity index (χ2v) is 7.58. The largest absolute Gasteiger partial charge is 0.464 e. The van der Waals surface area contributed by atoms with E-state index < -0.39 is 29.3 Å². The molecule has 7 nitrogen and oxygen atoms in total. The molecule has 1 heterocycles. The van der Waals surface area contributed by atoms with E-state index in [0.29, 0.717) is 5.57 Å². The summed E-state index contributed by atoms with van der Waals surface area (Å²) < 4.78 is 10.4. The van der Waals surface area contributed by atoms with Crippen LogP contribution >= 0.6 is 0 Å². The smallest absolute Gasteiger partial charge is 0.411 e. The van der Waals surface area contributed by atoms with Gasteiger partial charge in [-0.25, -0.2) is 9.59 Å². The summed E-state index contributed by atoms with van der Waals surface area (Å²) in [5.74, 6) is -1.19. The second-order valence-electron chi connectivity index (χ2n) is 7.58. The predicted molar refractivity (Wildman–Crippen MR) is 104 cm³/mol. The SMILES string of the molecule is CCOC(=O)C1C(=O)/C(=C/N(C)C)C(C)(C)CN1C(=O)OCc1ccccc1. The van der Waals surface area contributed by atoms with Gasteiger partial charge in [-0.2, -0.15) is 0 Å². The second kappa shape index (κ2) is 8.91. The lowest BCUT2D eigenvalue weighted by atomic mass is 9.76. The van der Waals surface area contributed by atoms with Crippen LogP contribution in [-0.2, 0) is 25.7 Å². The number of amides is 1. The van der Waals surface area contributed by atoms with E-state index >= 15 is 0 Å². The summed E-state index contributed by atoms with van der Waals surface area (Å²) in [6, 6.07) is 7.88. The Bertz CT molecular complexity index is 755. The van der Waals surface area contributed by atoms with Crippen LogP contribution < -0.4 is 0 Å². The van der Waals surface area contributed by atoms with Crippen molar-refractivity contribution >= 4 is 17.8 Å². The van der Waals surface area contributed by atoms with Gasteiger partial charge >= 0.3 is 12.1 Å². The molecule has 0 N–H and O–H groups in total. The minimum Gasteiger partial charge on any atom is -0.464 e. The Morgan fingerprint density at radius 1 is 1.21 bits per heavy atom. The highest BCUT2D eigenvalue weighted by atomic mass is 16.6. The molecule has 1 aliphatic heterocycles. The summed E-state index contributed by atoms with van der Waals surface area (Å²) in [5, 5.41) is 0. The molecule has 1 atom stereocenters. The summed E-state index contributed by atoms with van der Waals surface area (Å²) in [4.78, 5) is 41.3. The molecule has 0 aromatic heterocycles. The summed E-state index contributed by atoms with van der Waals surface area (Å²) in [5.41, 5.74) is 0.651. The number of carbonyl (C=O) groups excluding carboxylic acids is 3. The summed E-state index contributed by atoms with van der Waals surface area (Å²) in [6.07, 6.45) is 0.980. The molecule has 1 aliphatic rings. The maximum atomic E-state index is 13.1. The number of ether oxygens (including phenoxy) is 2. The van der Waals surface area contributed by atoms with Gasteiger partial charge in [-0.05, 0) is 12.5 Å². The number of piperidine rings is 1. The Morgan fingerprint density at radius 2 is 1.86 bits per heavy atom. The minimum atomic E-state index is -1.34. The van der Waals surface area contributed by atoms with Gasteiger partial charge < -0.3 is 14.4 Å². The highest BCUT2D eigenvalue weighted by Crippen LogP contribution is 2.36. The van der Waals surface area contributed by atoms with Crippen molar-refractivity contribution in [3.8, 4) is 0 Å². The average molecular weight is 388 g/mol. The van der Waals surface area contributed by atoms with Crippen molar-refractivity contribution in [2.24, 2.45) is 5.41 Å². The quantitative estimate of drug-likeness (QED) is 0.438. The van der Waals surface area contributed by atoms with Gasteiger partial charge in [0.1, 0.15) is 6.61 Å². The molecule has 1 amide bonds. The third-order valence-electron chi connectivity index (χ3n) is 4.46. The van der Waals surface area contributed by atoms with Crippen LogP contribution in [0.5, 0.6) is 0 Å². The summed E-state index contributed by atoms with van der Waals surface area (Å²) in [6.45, 7) is 5.71. The number of carbonyl (C=O) groups is 3. The summed E-state index contributed by atoms with van der Waals surface area (Å²) in [7, 11) is 3.60. The van der Waals surface area contributed by atoms with Gasteiger partial charge in [-0.15, -0.1) is 0 Å². The third kappa shape index (κ3) is 4.91. The van der Waals surface area contributed by atoms with Crippen molar-refractivity contribution in [3.63, 3.8) is 0 Å². The van der Waals surface area contributed by atoms with Crippen LogP contribution in [0.3, 0.4) is 0 Å². The van der Waals surface area contributed by atoms with E-state index in [0.717, 1.165) is 5.56 Å². The number of esters is 1. The molecule has 0 bridgehead atoms. The fraction of sp³-hybridized carbons (Fsp3) is 0.476. The first kappa shape index (κ1) is 21.5. The molecular weight excluding hydrogens is 360 g/mol. The number of hydrogen-bond acceptors (Lipinski definition) is 6. The number of rotatable bonds is 5. The van der Waals surface area contributed by atoms with E-state index in [9.17, 15) is 14.4 Å². The fourth-order valence-corrected chi connectivity index (χ4v) is 3.15. The van der Waals surface area contributed by atoms with E-state index in [2.05, 4.69) is 0 Å². The van der Waals surface area contributed by atoms with Crippen LogP contribution in [0.15, 0.2) is 42.1 Å². The zero-order chi connectivity index (χ0) is 20.9. The number of Topliss-reactive ketones (excluding diaryl/α,β-unsaturated/α-hetero) is 1. The Hall–Kier alpha value is -2.83. The molecule has 0 spiro atoms. The first-order valence-electron chi connectivity index (χ1n) is 9.24. The molecule has 2 rings (SSSR count). The Morgan fingerprint density at radius 3 is 2.43 bits per heavy atom. The van der Waals surface area contributed by atoms with Crippen molar-refractivity contribution in [1.82, 2.24) is 9.80 Å². The zero-order valence-electron chi connectivity index (χ0n) is 17.1. The normalized spacial score (nSPS) is 20.0. The van der Waals surface area contributed by atoms with Crippen LogP contribution in [0, 0.1) is 5.41 Å². The predicted octanol–water partition coefficient (Wildman–Crippen LogP) is 2.61. The lowest BCUT2D eigenvalue weighted by Gasteiger charge is -2.42. The van der Waals surface area contributed by atoms with Gasteiger partial charge in [0.05, 0.1) is 6.61 Å². The third-order valence-corrected chi connectivity index (χ3v) is 4.46. The first-order chi connectivity index (χ1) is 13.2. The van der Waals surface area contributed by atoms with Gasteiger partial charge in [-0.1, -0.05) is 44.2 Å². The molecule has 1 aromatic rings. The van der Waals surface area contributed by atoms with Crippen LogP contribution in [-0.4, -0.2) is 60.9 Å². The van der Waals surface area contributed by atoms with Crippen molar-refractivity contribution in [2.45, 2.75) is 33.4 Å². The monoisotopic (exact) mass is 388 g/mol. The van der Waals surface area contributed by atoms with Crippen molar-refractivity contribution in [1.29, 1.82) is 0 Å². The van der Waals surface area contributed by atoms with Crippen molar-refractivity contribution in [3.05, 3.63) is 47.7 Å². The molecule has 152 valence electrons. The van der Waals surface area contributed by atoms with Crippen LogP contribution in [0.1, 0.15) is 26.3 Å². The van der Waals surface area contributed by atoms with Crippen molar-refractivity contribution < 1.29 is 23.9 Å². The fourth-order valence-electron chi connectivity index (χ4n) is 3.15. The number of nitrogens with zero attached hydrogens (tertiary/aromatic N) is 2. The lowest BCUT2D eigenvalue weighted by Crippen LogP contribution is -2.59. The number of benzene rings is 1. The first-order valence-corrected chi connectivity index (χ1v) is 9.24. The molecule has 1 saturated heterocycles. The molecule has 7 heteroatoms. The highest BCUT2D eigenvalue weighted by Gasteiger charge is 2.49. The standard InChI is InChI=1S/C21H28N2O5/c1-6-27-19(25)17-18(24)16(12-22(4)5)21(2,3)14-23(17)20(26)28-13-15-10-8-7-9-11-15/h7-12,17H,6,13-14H2,1-5H3/b16-12-.